The van der Waals surface area contributed by atoms with Crippen LogP contribution in [0.1, 0.15) is 28.8 Å². The largest absolute Gasteiger partial charge is 0.480 e. The molecule has 1 fully saturated rings. The number of fused-ring (bicyclic) bond motifs is 1. The van der Waals surface area contributed by atoms with Crippen LogP contribution >= 0.6 is 0 Å². The van der Waals surface area contributed by atoms with E-state index < -0.39 is 33.6 Å². The molecule has 1 aliphatic heterocycles. The summed E-state index contributed by atoms with van der Waals surface area (Å²) >= 11 is 0. The molecule has 2 heterocycles. The summed E-state index contributed by atoms with van der Waals surface area (Å²) in [6, 6.07) is 5.04. The van der Waals surface area contributed by atoms with Gasteiger partial charge in [-0.3, -0.25) is 4.79 Å². The second kappa shape index (κ2) is 6.51. The van der Waals surface area contributed by atoms with Crippen molar-refractivity contribution in [2.24, 2.45) is 5.92 Å². The molecular formula is C19H18F2N2O4S. The lowest BCUT2D eigenvalue weighted by atomic mass is 10.0. The Balaban J connectivity index is 1.65. The van der Waals surface area contributed by atoms with Crippen molar-refractivity contribution in [3.05, 3.63) is 46.9 Å². The summed E-state index contributed by atoms with van der Waals surface area (Å²) in [7, 11) is -1.98. The maximum absolute atomic E-state index is 14.4. The lowest BCUT2D eigenvalue weighted by Gasteiger charge is -2.17. The Labute approximate surface area is 160 Å². The highest BCUT2D eigenvalue weighted by Gasteiger charge is 2.48. The summed E-state index contributed by atoms with van der Waals surface area (Å²) in [5.74, 6) is -4.30. The molecule has 0 bridgehead atoms. The summed E-state index contributed by atoms with van der Waals surface area (Å²) in [5, 5.41) is 4.18. The van der Waals surface area contributed by atoms with Crippen LogP contribution < -0.4 is 10.1 Å². The second-order valence-electron chi connectivity index (χ2n) is 7.09. The van der Waals surface area contributed by atoms with E-state index in [4.69, 9.17) is 4.74 Å². The molecule has 4 rings (SSSR count). The number of nitrogens with one attached hydrogen (secondary N) is 1. The van der Waals surface area contributed by atoms with Gasteiger partial charge in [0.05, 0.1) is 24.4 Å². The smallest absolute Gasteiger partial charge is 0.276 e. The van der Waals surface area contributed by atoms with Crippen LogP contribution in [-0.4, -0.2) is 38.2 Å². The molecule has 0 radical (unpaired) electrons. The van der Waals surface area contributed by atoms with Gasteiger partial charge in [0.15, 0.2) is 9.84 Å². The van der Waals surface area contributed by atoms with Crippen LogP contribution in [0, 0.1) is 5.92 Å². The van der Waals surface area contributed by atoms with Crippen LogP contribution in [0.2, 0.25) is 0 Å². The molecule has 0 unspecified atom stereocenters. The normalized spacial score (nSPS) is 21.0. The molecule has 148 valence electrons. The fourth-order valence-electron chi connectivity index (χ4n) is 3.27. The Morgan fingerprint density at radius 2 is 2.04 bits per heavy atom. The Kier molecular flexibility index (Phi) is 4.37. The third-order valence-corrected chi connectivity index (χ3v) is 6.34. The number of benzene rings is 1. The van der Waals surface area contributed by atoms with Crippen molar-refractivity contribution in [2.75, 3.05) is 12.9 Å². The van der Waals surface area contributed by atoms with Crippen LogP contribution in [0.4, 0.5) is 8.78 Å². The Hall–Kier alpha value is -2.55. The van der Waals surface area contributed by atoms with Crippen molar-refractivity contribution in [3.8, 4) is 5.88 Å². The van der Waals surface area contributed by atoms with E-state index in [1.165, 1.54) is 37.5 Å². The van der Waals surface area contributed by atoms with Gasteiger partial charge < -0.3 is 10.1 Å². The molecule has 2 aliphatic rings. The van der Waals surface area contributed by atoms with E-state index in [9.17, 15) is 22.0 Å². The molecule has 1 aromatic carbocycles. The summed E-state index contributed by atoms with van der Waals surface area (Å²) in [6.45, 7) is 0. The molecule has 0 saturated heterocycles. The molecule has 1 N–H and O–H groups in total. The minimum absolute atomic E-state index is 0.0123. The number of rotatable bonds is 5. The van der Waals surface area contributed by atoms with E-state index in [0.29, 0.717) is 23.7 Å². The monoisotopic (exact) mass is 408 g/mol. The zero-order valence-electron chi connectivity index (χ0n) is 15.0. The average molecular weight is 408 g/mol. The van der Waals surface area contributed by atoms with E-state index in [2.05, 4.69) is 10.3 Å². The van der Waals surface area contributed by atoms with Crippen LogP contribution in [0.3, 0.4) is 0 Å². The summed E-state index contributed by atoms with van der Waals surface area (Å²) in [5.41, 5.74) is 0.305. The molecule has 1 saturated carbocycles. The second-order valence-corrected chi connectivity index (χ2v) is 9.02. The third kappa shape index (κ3) is 3.46. The van der Waals surface area contributed by atoms with Gasteiger partial charge in [-0.1, -0.05) is 12.1 Å². The lowest BCUT2D eigenvalue weighted by molar-refractivity contribution is -0.0284. The molecule has 1 aliphatic carbocycles. The van der Waals surface area contributed by atoms with Gasteiger partial charge in [0.25, 0.3) is 11.8 Å². The Morgan fingerprint density at radius 1 is 1.29 bits per heavy atom. The van der Waals surface area contributed by atoms with Crippen molar-refractivity contribution in [2.45, 2.75) is 24.8 Å². The van der Waals surface area contributed by atoms with Gasteiger partial charge in [-0.2, -0.15) is 0 Å². The molecule has 1 aromatic heterocycles. The minimum Gasteiger partial charge on any atom is -0.480 e. The molecule has 6 nitrogen and oxygen atoms in total. The van der Waals surface area contributed by atoms with E-state index in [1.807, 2.05) is 0 Å². The van der Waals surface area contributed by atoms with Crippen LogP contribution in [-0.2, 0) is 15.8 Å². The van der Waals surface area contributed by atoms with Gasteiger partial charge >= 0.3 is 0 Å². The van der Waals surface area contributed by atoms with Crippen LogP contribution in [0.25, 0.3) is 10.9 Å². The highest BCUT2D eigenvalue weighted by Crippen LogP contribution is 2.50. The zero-order valence-corrected chi connectivity index (χ0v) is 15.8. The van der Waals surface area contributed by atoms with E-state index >= 15 is 0 Å². The maximum Gasteiger partial charge on any atom is 0.276 e. The molecule has 9 heteroatoms. The topological polar surface area (TPSA) is 85.4 Å². The van der Waals surface area contributed by atoms with E-state index in [-0.39, 0.29) is 22.8 Å². The van der Waals surface area contributed by atoms with Gasteiger partial charge in [-0.25, -0.2) is 22.2 Å². The number of aromatic nitrogens is 1. The predicted molar refractivity (Wildman–Crippen MR) is 99.1 cm³/mol. The number of hydrogen-bond donors (Lipinski definition) is 1. The first-order chi connectivity index (χ1) is 13.2. The number of carbonyl (C=O) groups excluding carboxylic acids is 1. The SMILES string of the molecule is COc1nc2cc(C(F)(F)C3CC3)ccc2cc1C(=O)N[C@@H]1C=CS(=O)(=O)C1. The van der Waals surface area contributed by atoms with E-state index in [0.717, 1.165) is 5.41 Å². The van der Waals surface area contributed by atoms with Gasteiger partial charge in [-0.05, 0) is 31.1 Å². The summed E-state index contributed by atoms with van der Waals surface area (Å²) in [6.07, 6.45) is 2.42. The van der Waals surface area contributed by atoms with Crippen LogP contribution in [0.15, 0.2) is 35.7 Å². The number of amides is 1. The number of hydrogen-bond acceptors (Lipinski definition) is 5. The molecular weight excluding hydrogens is 390 g/mol. The van der Waals surface area contributed by atoms with Crippen molar-refractivity contribution < 1.29 is 26.7 Å². The molecule has 0 spiro atoms. The first-order valence-electron chi connectivity index (χ1n) is 8.78. The number of halogens is 2. The molecule has 28 heavy (non-hydrogen) atoms. The molecule has 1 atom stereocenters. The fraction of sp³-hybridized carbons (Fsp3) is 0.368. The van der Waals surface area contributed by atoms with Crippen molar-refractivity contribution in [3.63, 3.8) is 0 Å². The number of nitrogens with zero attached hydrogens (tertiary/aromatic N) is 1. The number of alkyl halides is 2. The minimum atomic E-state index is -3.31. The third-order valence-electron chi connectivity index (χ3n) is 4.94. The molecule has 1 amide bonds. The van der Waals surface area contributed by atoms with Gasteiger partial charge in [0.2, 0.25) is 5.88 Å². The van der Waals surface area contributed by atoms with Gasteiger partial charge in [0.1, 0.15) is 5.56 Å². The first kappa shape index (κ1) is 18.8. The van der Waals surface area contributed by atoms with Crippen molar-refractivity contribution in [1.29, 1.82) is 0 Å². The fourth-order valence-corrected chi connectivity index (χ4v) is 4.50. The number of sulfone groups is 1. The lowest BCUT2D eigenvalue weighted by Crippen LogP contribution is -2.35. The highest BCUT2D eigenvalue weighted by atomic mass is 32.2. The maximum atomic E-state index is 14.4. The zero-order chi connectivity index (χ0) is 20.1. The van der Waals surface area contributed by atoms with Gasteiger partial charge in [-0.15, -0.1) is 0 Å². The van der Waals surface area contributed by atoms with E-state index in [1.54, 1.807) is 0 Å². The number of ether oxygens (including phenoxy) is 1. The van der Waals surface area contributed by atoms with Crippen molar-refractivity contribution >= 4 is 26.6 Å². The predicted octanol–water partition coefficient (Wildman–Crippen LogP) is 2.79. The van der Waals surface area contributed by atoms with Crippen LogP contribution in [0.5, 0.6) is 5.88 Å². The summed E-state index contributed by atoms with van der Waals surface area (Å²) in [4.78, 5) is 16.8. The summed E-state index contributed by atoms with van der Waals surface area (Å²) < 4.78 is 56.9. The Bertz CT molecular complexity index is 1090. The highest BCUT2D eigenvalue weighted by molar-refractivity contribution is 7.94. The van der Waals surface area contributed by atoms with Crippen molar-refractivity contribution in [1.82, 2.24) is 10.3 Å². The number of carbonyl (C=O) groups is 1. The average Bonchev–Trinajstić information content (AvgIpc) is 3.45. The quantitative estimate of drug-likeness (QED) is 0.822. The standard InChI is InChI=1S/C19H18F2N2O4S/c1-27-18-15(17(24)22-14-6-7-28(25,26)10-14)8-11-2-3-13(9-16(11)23-18)19(20,21)12-4-5-12/h2-3,6-9,12,14H,4-5,10H2,1H3,(H,22,24)/t14-/m1/s1. The number of pyridine rings is 1. The number of methoxy groups -OCH3 is 1. The first-order valence-corrected chi connectivity index (χ1v) is 10.5. The van der Waals surface area contributed by atoms with Gasteiger partial charge in [0, 0.05) is 22.3 Å². The Morgan fingerprint density at radius 3 is 2.64 bits per heavy atom. The molecule has 2 aromatic rings.